The summed E-state index contributed by atoms with van der Waals surface area (Å²) in [5.74, 6) is 1.48. The van der Waals surface area contributed by atoms with Gasteiger partial charge in [-0.3, -0.25) is 9.48 Å². The van der Waals surface area contributed by atoms with Crippen molar-refractivity contribution in [3.05, 3.63) is 22.4 Å². The third-order valence-electron chi connectivity index (χ3n) is 3.86. The molecule has 1 aliphatic carbocycles. The van der Waals surface area contributed by atoms with Crippen LogP contribution in [-0.2, 0) is 13.5 Å². The molecule has 1 N–H and O–H groups in total. The Morgan fingerprint density at radius 3 is 2.94 bits per heavy atom. The molecule has 0 bridgehead atoms. The van der Waals surface area contributed by atoms with Gasteiger partial charge in [-0.05, 0) is 5.92 Å². The van der Waals surface area contributed by atoms with E-state index in [0.29, 0.717) is 17.0 Å². The minimum atomic E-state index is -0.0705. The maximum atomic E-state index is 11.9. The predicted octanol–water partition coefficient (Wildman–Crippen LogP) is 1.78. The average Bonchev–Trinajstić information content (AvgIpc) is 2.73. The predicted molar refractivity (Wildman–Crippen MR) is 69.4 cm³/mol. The number of aromatic amines is 1. The molecule has 0 atom stereocenters. The van der Waals surface area contributed by atoms with Gasteiger partial charge in [-0.1, -0.05) is 32.1 Å². The van der Waals surface area contributed by atoms with E-state index in [1.165, 1.54) is 32.1 Å². The number of rotatable bonds is 2. The Labute approximate surface area is 105 Å². The number of nitrogens with zero attached hydrogens (tertiary/aromatic N) is 3. The van der Waals surface area contributed by atoms with E-state index in [4.69, 9.17) is 0 Å². The Morgan fingerprint density at radius 1 is 1.39 bits per heavy atom. The van der Waals surface area contributed by atoms with Crippen LogP contribution < -0.4 is 5.56 Å². The SMILES string of the molecule is Cn1ncc2c(=O)[nH]c(CC3CCCCC3)nc21. The van der Waals surface area contributed by atoms with Gasteiger partial charge in [0.05, 0.1) is 6.20 Å². The first-order valence-electron chi connectivity index (χ1n) is 6.65. The summed E-state index contributed by atoms with van der Waals surface area (Å²) in [6.07, 6.45) is 8.94. The molecule has 5 nitrogen and oxygen atoms in total. The molecule has 0 amide bonds. The van der Waals surface area contributed by atoms with Crippen LogP contribution in [0.15, 0.2) is 11.0 Å². The molecule has 2 aromatic rings. The Morgan fingerprint density at radius 2 is 2.17 bits per heavy atom. The monoisotopic (exact) mass is 246 g/mol. The zero-order valence-corrected chi connectivity index (χ0v) is 10.6. The van der Waals surface area contributed by atoms with Crippen molar-refractivity contribution in [3.63, 3.8) is 0 Å². The molecule has 0 unspecified atom stereocenters. The molecule has 1 aliphatic rings. The Balaban J connectivity index is 1.92. The quantitative estimate of drug-likeness (QED) is 0.878. The van der Waals surface area contributed by atoms with Gasteiger partial charge >= 0.3 is 0 Å². The molecule has 5 heteroatoms. The summed E-state index contributed by atoms with van der Waals surface area (Å²) in [4.78, 5) is 19.3. The zero-order valence-electron chi connectivity index (χ0n) is 10.6. The number of aromatic nitrogens is 4. The van der Waals surface area contributed by atoms with E-state index in [2.05, 4.69) is 15.1 Å². The van der Waals surface area contributed by atoms with E-state index in [-0.39, 0.29) is 5.56 Å². The Hall–Kier alpha value is -1.65. The van der Waals surface area contributed by atoms with Crippen molar-refractivity contribution in [2.45, 2.75) is 38.5 Å². The highest BCUT2D eigenvalue weighted by Gasteiger charge is 2.16. The number of hydrogen-bond donors (Lipinski definition) is 1. The second-order valence-electron chi connectivity index (χ2n) is 5.23. The summed E-state index contributed by atoms with van der Waals surface area (Å²) >= 11 is 0. The molecule has 96 valence electrons. The van der Waals surface area contributed by atoms with E-state index in [1.807, 2.05) is 7.05 Å². The van der Waals surface area contributed by atoms with Gasteiger partial charge in [0.1, 0.15) is 11.2 Å². The molecule has 2 heterocycles. The first kappa shape index (κ1) is 11.4. The highest BCUT2D eigenvalue weighted by molar-refractivity contribution is 5.72. The summed E-state index contributed by atoms with van der Waals surface area (Å²) < 4.78 is 1.66. The lowest BCUT2D eigenvalue weighted by molar-refractivity contribution is 0.351. The Kier molecular flexibility index (Phi) is 2.89. The average molecular weight is 246 g/mol. The lowest BCUT2D eigenvalue weighted by Crippen LogP contribution is -2.17. The summed E-state index contributed by atoms with van der Waals surface area (Å²) in [5, 5.41) is 4.65. The van der Waals surface area contributed by atoms with Crippen molar-refractivity contribution < 1.29 is 0 Å². The normalized spacial score (nSPS) is 17.4. The van der Waals surface area contributed by atoms with Crippen LogP contribution in [0.5, 0.6) is 0 Å². The largest absolute Gasteiger partial charge is 0.310 e. The van der Waals surface area contributed by atoms with Crippen LogP contribution in [0.25, 0.3) is 11.0 Å². The van der Waals surface area contributed by atoms with E-state index >= 15 is 0 Å². The highest BCUT2D eigenvalue weighted by atomic mass is 16.1. The van der Waals surface area contributed by atoms with Crippen molar-refractivity contribution in [3.8, 4) is 0 Å². The minimum Gasteiger partial charge on any atom is -0.310 e. The summed E-state index contributed by atoms with van der Waals surface area (Å²) in [6.45, 7) is 0. The van der Waals surface area contributed by atoms with E-state index in [1.54, 1.807) is 10.9 Å². The van der Waals surface area contributed by atoms with Crippen molar-refractivity contribution in [1.29, 1.82) is 0 Å². The van der Waals surface area contributed by atoms with E-state index in [0.717, 1.165) is 12.2 Å². The van der Waals surface area contributed by atoms with Crippen molar-refractivity contribution in [2.24, 2.45) is 13.0 Å². The first-order valence-corrected chi connectivity index (χ1v) is 6.65. The Bertz CT molecular complexity index is 607. The number of nitrogens with one attached hydrogen (secondary N) is 1. The number of hydrogen-bond acceptors (Lipinski definition) is 3. The van der Waals surface area contributed by atoms with Gasteiger partial charge in [-0.25, -0.2) is 4.98 Å². The van der Waals surface area contributed by atoms with Gasteiger partial charge in [0.15, 0.2) is 5.65 Å². The van der Waals surface area contributed by atoms with E-state index < -0.39 is 0 Å². The molecule has 0 spiro atoms. The first-order chi connectivity index (χ1) is 8.74. The van der Waals surface area contributed by atoms with Crippen LogP contribution in [0.1, 0.15) is 37.9 Å². The van der Waals surface area contributed by atoms with Crippen molar-refractivity contribution >= 4 is 11.0 Å². The number of H-pyrrole nitrogens is 1. The topological polar surface area (TPSA) is 63.6 Å². The van der Waals surface area contributed by atoms with Gasteiger partial charge < -0.3 is 4.98 Å². The third kappa shape index (κ3) is 2.05. The summed E-state index contributed by atoms with van der Waals surface area (Å²) in [6, 6.07) is 0. The van der Waals surface area contributed by atoms with Crippen molar-refractivity contribution in [1.82, 2.24) is 19.7 Å². The fourth-order valence-corrected chi connectivity index (χ4v) is 2.84. The number of fused-ring (bicyclic) bond motifs is 1. The minimum absolute atomic E-state index is 0.0705. The molecule has 0 aromatic carbocycles. The van der Waals surface area contributed by atoms with Crippen LogP contribution >= 0.6 is 0 Å². The molecule has 0 saturated heterocycles. The van der Waals surface area contributed by atoms with Gasteiger partial charge in [-0.2, -0.15) is 5.10 Å². The molecular weight excluding hydrogens is 228 g/mol. The molecule has 2 aromatic heterocycles. The van der Waals surface area contributed by atoms with Crippen LogP contribution in [0, 0.1) is 5.92 Å². The van der Waals surface area contributed by atoms with Gasteiger partial charge in [0.2, 0.25) is 0 Å². The summed E-state index contributed by atoms with van der Waals surface area (Å²) in [7, 11) is 1.82. The molecule has 18 heavy (non-hydrogen) atoms. The standard InChI is InChI=1S/C13H18N4O/c1-17-12-10(8-14-17)13(18)16-11(15-12)7-9-5-3-2-4-6-9/h8-9H,2-7H2,1H3,(H,15,16,18). The second kappa shape index (κ2) is 4.55. The smallest absolute Gasteiger partial charge is 0.262 e. The summed E-state index contributed by atoms with van der Waals surface area (Å²) in [5.41, 5.74) is 0.614. The van der Waals surface area contributed by atoms with Gasteiger partial charge in [-0.15, -0.1) is 0 Å². The van der Waals surface area contributed by atoms with Crippen LogP contribution in [-0.4, -0.2) is 19.7 Å². The van der Waals surface area contributed by atoms with Gasteiger partial charge in [0.25, 0.3) is 5.56 Å². The third-order valence-corrected chi connectivity index (χ3v) is 3.86. The molecule has 0 radical (unpaired) electrons. The molecule has 1 fully saturated rings. The molecule has 1 saturated carbocycles. The van der Waals surface area contributed by atoms with Crippen LogP contribution in [0.2, 0.25) is 0 Å². The maximum absolute atomic E-state index is 11.9. The lowest BCUT2D eigenvalue weighted by Gasteiger charge is -2.20. The fourth-order valence-electron chi connectivity index (χ4n) is 2.84. The van der Waals surface area contributed by atoms with Crippen LogP contribution in [0.3, 0.4) is 0 Å². The zero-order chi connectivity index (χ0) is 12.5. The maximum Gasteiger partial charge on any atom is 0.262 e. The molecule has 3 rings (SSSR count). The number of aryl methyl sites for hydroxylation is 1. The van der Waals surface area contributed by atoms with Gasteiger partial charge in [0, 0.05) is 13.5 Å². The van der Waals surface area contributed by atoms with Crippen LogP contribution in [0.4, 0.5) is 0 Å². The van der Waals surface area contributed by atoms with Crippen molar-refractivity contribution in [2.75, 3.05) is 0 Å². The van der Waals surface area contributed by atoms with E-state index in [9.17, 15) is 4.79 Å². The molecular formula is C13H18N4O. The highest BCUT2D eigenvalue weighted by Crippen LogP contribution is 2.25. The lowest BCUT2D eigenvalue weighted by atomic mass is 9.87. The second-order valence-corrected chi connectivity index (χ2v) is 5.23. The molecule has 0 aliphatic heterocycles. The fraction of sp³-hybridized carbons (Fsp3) is 0.615.